The zero-order valence-corrected chi connectivity index (χ0v) is 14.8. The number of hydrogen-bond acceptors (Lipinski definition) is 6. The molecule has 0 amide bonds. The number of anilines is 1. The Kier molecular flexibility index (Phi) is 6.82. The summed E-state index contributed by atoms with van der Waals surface area (Å²) in [4.78, 5) is 12.9. The summed E-state index contributed by atoms with van der Waals surface area (Å²) in [5.41, 5.74) is 2.09. The van der Waals surface area contributed by atoms with Gasteiger partial charge in [-0.05, 0) is 56.3 Å². The van der Waals surface area contributed by atoms with E-state index in [0.717, 1.165) is 5.69 Å². The Morgan fingerprint density at radius 2 is 1.54 bits per heavy atom. The van der Waals surface area contributed by atoms with Crippen LogP contribution in [0.15, 0.2) is 58.8 Å². The van der Waals surface area contributed by atoms with E-state index in [1.54, 1.807) is 38.1 Å². The predicted molar refractivity (Wildman–Crippen MR) is 99.6 cm³/mol. The van der Waals surface area contributed by atoms with Crippen LogP contribution in [0.5, 0.6) is 0 Å². The largest absolute Gasteiger partial charge is 0.478 e. The summed E-state index contributed by atoms with van der Waals surface area (Å²) in [6.07, 6.45) is -1.04. The fraction of sp³-hybridized carbons (Fsp3) is 0.316. The second kappa shape index (κ2) is 9.07. The first kappa shape index (κ1) is 19.6. The molecular weight excluding hydrogens is 334 g/mol. The number of carbonyl (C=O) groups is 1. The van der Waals surface area contributed by atoms with Crippen LogP contribution in [0.25, 0.3) is 0 Å². The smallest absolute Gasteiger partial charge is 0.335 e. The number of nitrogens with zero attached hydrogens (tertiary/aromatic N) is 3. The van der Waals surface area contributed by atoms with E-state index in [1.807, 2.05) is 17.0 Å². The molecule has 138 valence electrons. The Morgan fingerprint density at radius 1 is 0.962 bits per heavy atom. The summed E-state index contributed by atoms with van der Waals surface area (Å²) in [5.74, 6) is -1.01. The molecule has 3 N–H and O–H groups in total. The van der Waals surface area contributed by atoms with Crippen molar-refractivity contribution in [3.63, 3.8) is 0 Å². The van der Waals surface area contributed by atoms with E-state index in [1.165, 1.54) is 12.1 Å². The van der Waals surface area contributed by atoms with Gasteiger partial charge in [0.05, 0.1) is 29.1 Å². The van der Waals surface area contributed by atoms with Gasteiger partial charge in [0, 0.05) is 18.8 Å². The van der Waals surface area contributed by atoms with Gasteiger partial charge in [0.1, 0.15) is 0 Å². The average Bonchev–Trinajstić information content (AvgIpc) is 2.59. The fourth-order valence-electron chi connectivity index (χ4n) is 2.47. The van der Waals surface area contributed by atoms with Crippen LogP contribution in [0.1, 0.15) is 24.2 Å². The zero-order chi connectivity index (χ0) is 19.1. The van der Waals surface area contributed by atoms with Gasteiger partial charge in [-0.15, -0.1) is 0 Å². The standard InChI is InChI=1S/C19H23N3O4/c1-13(23)11-22(12-14(2)24)18-8-6-16(7-9-18)20-21-17-5-3-4-15(10-17)19(25)26/h3-10,13-14,23-24H,11-12H2,1-2H3,(H,25,26). The highest BCUT2D eigenvalue weighted by atomic mass is 16.4. The molecule has 0 saturated heterocycles. The van der Waals surface area contributed by atoms with Crippen LogP contribution in [-0.4, -0.2) is 46.6 Å². The quantitative estimate of drug-likeness (QED) is 0.628. The minimum Gasteiger partial charge on any atom is -0.478 e. The van der Waals surface area contributed by atoms with Gasteiger partial charge < -0.3 is 20.2 Å². The van der Waals surface area contributed by atoms with E-state index in [4.69, 9.17) is 5.11 Å². The maximum absolute atomic E-state index is 11.0. The van der Waals surface area contributed by atoms with Gasteiger partial charge in [0.25, 0.3) is 0 Å². The molecule has 0 heterocycles. The lowest BCUT2D eigenvalue weighted by Crippen LogP contribution is -2.36. The number of carboxylic acid groups (broad SMARTS) is 1. The summed E-state index contributed by atoms with van der Waals surface area (Å²) in [6, 6.07) is 13.5. The molecule has 2 aromatic carbocycles. The molecule has 0 spiro atoms. The summed E-state index contributed by atoms with van der Waals surface area (Å²) in [5, 5.41) is 36.4. The molecule has 2 aromatic rings. The lowest BCUT2D eigenvalue weighted by molar-refractivity contribution is 0.0697. The fourth-order valence-corrected chi connectivity index (χ4v) is 2.47. The first-order chi connectivity index (χ1) is 12.3. The molecule has 2 rings (SSSR count). The summed E-state index contributed by atoms with van der Waals surface area (Å²) in [6.45, 7) is 4.22. The molecule has 0 aliphatic rings. The molecule has 7 nitrogen and oxygen atoms in total. The molecule has 0 bridgehead atoms. The lowest BCUT2D eigenvalue weighted by atomic mass is 10.2. The van der Waals surface area contributed by atoms with Gasteiger partial charge in [-0.1, -0.05) is 6.07 Å². The topological polar surface area (TPSA) is 106 Å². The van der Waals surface area contributed by atoms with Crippen molar-refractivity contribution >= 4 is 23.0 Å². The van der Waals surface area contributed by atoms with Crippen molar-refractivity contribution in [1.29, 1.82) is 0 Å². The molecule has 0 aromatic heterocycles. The van der Waals surface area contributed by atoms with Gasteiger partial charge in [0.2, 0.25) is 0 Å². The predicted octanol–water partition coefficient (Wildman–Crippen LogP) is 3.37. The number of hydrogen-bond donors (Lipinski definition) is 3. The van der Waals surface area contributed by atoms with E-state index >= 15 is 0 Å². The van der Waals surface area contributed by atoms with Crippen molar-refractivity contribution in [3.8, 4) is 0 Å². The van der Waals surface area contributed by atoms with Crippen LogP contribution in [0.2, 0.25) is 0 Å². The Labute approximate surface area is 152 Å². The second-order valence-corrected chi connectivity index (χ2v) is 6.17. The number of azo groups is 1. The van der Waals surface area contributed by atoms with Crippen molar-refractivity contribution in [2.75, 3.05) is 18.0 Å². The molecule has 0 aliphatic carbocycles. The number of rotatable bonds is 8. The second-order valence-electron chi connectivity index (χ2n) is 6.17. The van der Waals surface area contributed by atoms with Gasteiger partial charge in [-0.2, -0.15) is 10.2 Å². The Morgan fingerprint density at radius 3 is 2.08 bits per heavy atom. The minimum absolute atomic E-state index is 0.156. The average molecular weight is 357 g/mol. The van der Waals surface area contributed by atoms with Crippen LogP contribution in [0.3, 0.4) is 0 Å². The van der Waals surface area contributed by atoms with E-state index in [-0.39, 0.29) is 5.56 Å². The summed E-state index contributed by atoms with van der Waals surface area (Å²) in [7, 11) is 0. The first-order valence-corrected chi connectivity index (χ1v) is 8.31. The Bertz CT molecular complexity index is 748. The van der Waals surface area contributed by atoms with Crippen LogP contribution in [-0.2, 0) is 0 Å². The molecule has 0 fully saturated rings. The Balaban J connectivity index is 2.12. The van der Waals surface area contributed by atoms with E-state index in [0.29, 0.717) is 24.5 Å². The number of carboxylic acids is 1. The summed E-state index contributed by atoms with van der Waals surface area (Å²) < 4.78 is 0. The third-order valence-electron chi connectivity index (χ3n) is 3.56. The molecule has 2 unspecified atom stereocenters. The van der Waals surface area contributed by atoms with Crippen molar-refractivity contribution < 1.29 is 20.1 Å². The van der Waals surface area contributed by atoms with Gasteiger partial charge in [0.15, 0.2) is 0 Å². The number of benzene rings is 2. The Hall–Kier alpha value is -2.77. The monoisotopic (exact) mass is 357 g/mol. The number of aromatic carboxylic acids is 1. The number of aliphatic hydroxyl groups is 2. The molecule has 2 atom stereocenters. The van der Waals surface area contributed by atoms with Gasteiger partial charge in [-0.25, -0.2) is 4.79 Å². The molecule has 26 heavy (non-hydrogen) atoms. The highest BCUT2D eigenvalue weighted by Gasteiger charge is 2.12. The molecule has 0 aliphatic heterocycles. The van der Waals surface area contributed by atoms with Crippen LogP contribution in [0, 0.1) is 0 Å². The first-order valence-electron chi connectivity index (χ1n) is 8.31. The maximum atomic E-state index is 11.0. The van der Waals surface area contributed by atoms with Crippen molar-refractivity contribution in [3.05, 3.63) is 54.1 Å². The lowest BCUT2D eigenvalue weighted by Gasteiger charge is -2.27. The van der Waals surface area contributed by atoms with E-state index in [9.17, 15) is 15.0 Å². The van der Waals surface area contributed by atoms with Crippen molar-refractivity contribution in [2.24, 2.45) is 10.2 Å². The zero-order valence-electron chi connectivity index (χ0n) is 14.8. The highest BCUT2D eigenvalue weighted by Crippen LogP contribution is 2.23. The van der Waals surface area contributed by atoms with Crippen LogP contribution < -0.4 is 4.90 Å². The highest BCUT2D eigenvalue weighted by molar-refractivity contribution is 5.88. The van der Waals surface area contributed by atoms with Crippen molar-refractivity contribution in [2.45, 2.75) is 26.1 Å². The molecular formula is C19H23N3O4. The van der Waals surface area contributed by atoms with E-state index < -0.39 is 18.2 Å². The normalized spacial score (nSPS) is 13.5. The minimum atomic E-state index is -1.01. The maximum Gasteiger partial charge on any atom is 0.335 e. The van der Waals surface area contributed by atoms with Gasteiger partial charge in [-0.3, -0.25) is 0 Å². The molecule has 0 saturated carbocycles. The van der Waals surface area contributed by atoms with Crippen LogP contribution >= 0.6 is 0 Å². The molecule has 7 heteroatoms. The number of aliphatic hydroxyl groups excluding tert-OH is 2. The molecule has 0 radical (unpaired) electrons. The van der Waals surface area contributed by atoms with Crippen molar-refractivity contribution in [1.82, 2.24) is 0 Å². The van der Waals surface area contributed by atoms with Crippen LogP contribution in [0.4, 0.5) is 17.1 Å². The summed E-state index contributed by atoms with van der Waals surface area (Å²) >= 11 is 0. The van der Waals surface area contributed by atoms with Gasteiger partial charge >= 0.3 is 5.97 Å². The SMILES string of the molecule is CC(O)CN(CC(C)O)c1ccc(N=Nc2cccc(C(=O)O)c2)cc1. The third-order valence-corrected chi connectivity index (χ3v) is 3.56. The van der Waals surface area contributed by atoms with E-state index in [2.05, 4.69) is 10.2 Å². The third kappa shape index (κ3) is 5.94.